The van der Waals surface area contributed by atoms with Gasteiger partial charge in [0.1, 0.15) is 0 Å². The minimum absolute atomic E-state index is 0.336. The molecule has 4 heteroatoms. The van der Waals surface area contributed by atoms with Crippen LogP contribution >= 0.6 is 11.6 Å². The number of halogens is 1. The molecule has 0 amide bonds. The van der Waals surface area contributed by atoms with Crippen LogP contribution in [0, 0.1) is 5.41 Å². The van der Waals surface area contributed by atoms with Crippen molar-refractivity contribution in [3.05, 3.63) is 28.8 Å². The molecule has 116 valence electrons. The molecule has 1 unspecified atom stereocenters. The van der Waals surface area contributed by atoms with E-state index in [1.807, 2.05) is 0 Å². The van der Waals surface area contributed by atoms with E-state index in [0.717, 1.165) is 18.5 Å². The first kappa shape index (κ1) is 16.2. The fourth-order valence-corrected chi connectivity index (χ4v) is 3.08. The maximum absolute atomic E-state index is 11.6. The second-order valence-corrected chi connectivity index (χ2v) is 7.03. The Morgan fingerprint density at radius 2 is 2.10 bits per heavy atom. The fraction of sp³-hybridized carbons (Fsp3) is 0.588. The van der Waals surface area contributed by atoms with Gasteiger partial charge in [-0.1, -0.05) is 31.9 Å². The molecule has 0 bridgehead atoms. The smallest absolute Gasteiger partial charge is 0.337 e. The molecule has 1 atom stereocenters. The van der Waals surface area contributed by atoms with Crippen molar-refractivity contribution in [1.82, 2.24) is 0 Å². The fourth-order valence-electron chi connectivity index (χ4n) is 2.91. The van der Waals surface area contributed by atoms with Crippen molar-refractivity contribution in [1.29, 1.82) is 0 Å². The lowest BCUT2D eigenvalue weighted by Gasteiger charge is -2.22. The van der Waals surface area contributed by atoms with Gasteiger partial charge in [-0.2, -0.15) is 0 Å². The van der Waals surface area contributed by atoms with Crippen molar-refractivity contribution in [2.45, 2.75) is 52.0 Å². The van der Waals surface area contributed by atoms with E-state index in [1.165, 1.54) is 26.4 Å². The number of hydrogen-bond acceptors (Lipinski definition) is 3. The lowest BCUT2D eigenvalue weighted by Crippen LogP contribution is -2.19. The number of anilines is 1. The summed E-state index contributed by atoms with van der Waals surface area (Å²) >= 11 is 6.25. The third kappa shape index (κ3) is 4.37. The Morgan fingerprint density at radius 3 is 2.81 bits per heavy atom. The first-order valence-corrected chi connectivity index (χ1v) is 7.93. The number of methoxy groups -OCH3 is 1. The molecule has 1 N–H and O–H groups in total. The molecule has 0 aliphatic heterocycles. The van der Waals surface area contributed by atoms with Crippen LogP contribution in [0.3, 0.4) is 0 Å². The Labute approximate surface area is 132 Å². The SMILES string of the molecule is COC(=O)c1ccc(Cl)c(NC2CCCC(C)(C)CC2)c1. The highest BCUT2D eigenvalue weighted by Gasteiger charge is 2.24. The number of benzene rings is 1. The zero-order valence-corrected chi connectivity index (χ0v) is 13.8. The molecule has 1 aromatic rings. The van der Waals surface area contributed by atoms with Crippen molar-refractivity contribution in [2.75, 3.05) is 12.4 Å². The molecular formula is C17H24ClNO2. The van der Waals surface area contributed by atoms with Gasteiger partial charge in [0.25, 0.3) is 0 Å². The quantitative estimate of drug-likeness (QED) is 0.637. The van der Waals surface area contributed by atoms with Crippen LogP contribution in [-0.4, -0.2) is 19.1 Å². The molecule has 0 heterocycles. The van der Waals surface area contributed by atoms with E-state index < -0.39 is 0 Å². The summed E-state index contributed by atoms with van der Waals surface area (Å²) in [5.74, 6) is -0.336. The number of rotatable bonds is 3. The van der Waals surface area contributed by atoms with Gasteiger partial charge in [0.15, 0.2) is 0 Å². The van der Waals surface area contributed by atoms with Crippen LogP contribution in [0.15, 0.2) is 18.2 Å². The van der Waals surface area contributed by atoms with E-state index >= 15 is 0 Å². The van der Waals surface area contributed by atoms with Gasteiger partial charge < -0.3 is 10.1 Å². The molecule has 0 radical (unpaired) electrons. The van der Waals surface area contributed by atoms with Crippen LogP contribution < -0.4 is 5.32 Å². The summed E-state index contributed by atoms with van der Waals surface area (Å²) in [6.07, 6.45) is 5.97. The molecule has 1 aliphatic rings. The van der Waals surface area contributed by atoms with Crippen LogP contribution in [0.4, 0.5) is 5.69 Å². The average Bonchev–Trinajstić information content (AvgIpc) is 2.61. The summed E-state index contributed by atoms with van der Waals surface area (Å²) in [6.45, 7) is 4.67. The van der Waals surface area contributed by atoms with E-state index in [0.29, 0.717) is 22.0 Å². The number of nitrogens with one attached hydrogen (secondary N) is 1. The highest BCUT2D eigenvalue weighted by molar-refractivity contribution is 6.33. The first-order chi connectivity index (χ1) is 9.91. The predicted molar refractivity (Wildman–Crippen MR) is 87.1 cm³/mol. The van der Waals surface area contributed by atoms with Gasteiger partial charge in [0, 0.05) is 6.04 Å². The molecule has 3 nitrogen and oxygen atoms in total. The molecule has 21 heavy (non-hydrogen) atoms. The summed E-state index contributed by atoms with van der Waals surface area (Å²) < 4.78 is 4.76. The molecule has 2 rings (SSSR count). The Kier molecular flexibility index (Phi) is 5.15. The highest BCUT2D eigenvalue weighted by Crippen LogP contribution is 2.35. The van der Waals surface area contributed by atoms with Gasteiger partial charge in [0.05, 0.1) is 23.4 Å². The van der Waals surface area contributed by atoms with Crippen LogP contribution in [0.1, 0.15) is 56.3 Å². The van der Waals surface area contributed by atoms with Gasteiger partial charge in [0.2, 0.25) is 0 Å². The summed E-state index contributed by atoms with van der Waals surface area (Å²) in [4.78, 5) is 11.6. The minimum atomic E-state index is -0.336. The van der Waals surface area contributed by atoms with Gasteiger partial charge in [-0.15, -0.1) is 0 Å². The van der Waals surface area contributed by atoms with Crippen molar-refractivity contribution in [3.63, 3.8) is 0 Å². The molecular weight excluding hydrogens is 286 g/mol. The Bertz CT molecular complexity index is 514. The standard InChI is InChI=1S/C17H24ClNO2/c1-17(2)9-4-5-13(8-10-17)19-15-11-12(16(20)21-3)6-7-14(15)18/h6-7,11,13,19H,4-5,8-10H2,1-3H3. The number of esters is 1. The van der Waals surface area contributed by atoms with Gasteiger partial charge in [-0.25, -0.2) is 4.79 Å². The summed E-state index contributed by atoms with van der Waals surface area (Å²) in [5.41, 5.74) is 1.77. The van der Waals surface area contributed by atoms with E-state index in [4.69, 9.17) is 16.3 Å². The first-order valence-electron chi connectivity index (χ1n) is 7.56. The maximum atomic E-state index is 11.6. The molecule has 1 saturated carbocycles. The topological polar surface area (TPSA) is 38.3 Å². The molecule has 0 spiro atoms. The van der Waals surface area contributed by atoms with Crippen LogP contribution in [0.5, 0.6) is 0 Å². The summed E-state index contributed by atoms with van der Waals surface area (Å²) in [5, 5.41) is 4.15. The van der Waals surface area contributed by atoms with Gasteiger partial charge >= 0.3 is 5.97 Å². The third-order valence-corrected chi connectivity index (χ3v) is 4.65. The summed E-state index contributed by atoms with van der Waals surface area (Å²) in [7, 11) is 1.39. The van der Waals surface area contributed by atoms with Crippen LogP contribution in [0.25, 0.3) is 0 Å². The molecule has 0 saturated heterocycles. The number of hydrogen-bond donors (Lipinski definition) is 1. The van der Waals surface area contributed by atoms with E-state index in [9.17, 15) is 4.79 Å². The van der Waals surface area contributed by atoms with Gasteiger partial charge in [-0.3, -0.25) is 0 Å². The number of ether oxygens (including phenoxy) is 1. The van der Waals surface area contributed by atoms with Crippen molar-refractivity contribution in [2.24, 2.45) is 5.41 Å². The molecule has 1 fully saturated rings. The van der Waals surface area contributed by atoms with Crippen molar-refractivity contribution in [3.8, 4) is 0 Å². The van der Waals surface area contributed by atoms with E-state index in [1.54, 1.807) is 18.2 Å². The predicted octanol–water partition coefficient (Wildman–Crippen LogP) is 4.90. The molecule has 0 aromatic heterocycles. The second-order valence-electron chi connectivity index (χ2n) is 6.62. The second kappa shape index (κ2) is 6.69. The van der Waals surface area contributed by atoms with E-state index in [2.05, 4.69) is 19.2 Å². The zero-order valence-electron chi connectivity index (χ0n) is 13.0. The Balaban J connectivity index is 2.10. The average molecular weight is 310 g/mol. The zero-order chi connectivity index (χ0) is 15.5. The summed E-state index contributed by atoms with van der Waals surface area (Å²) in [6, 6.07) is 5.63. The van der Waals surface area contributed by atoms with Gasteiger partial charge in [-0.05, 0) is 49.3 Å². The lowest BCUT2D eigenvalue weighted by atomic mass is 9.85. The minimum Gasteiger partial charge on any atom is -0.465 e. The van der Waals surface area contributed by atoms with Crippen LogP contribution in [0.2, 0.25) is 5.02 Å². The normalized spacial score (nSPS) is 21.4. The maximum Gasteiger partial charge on any atom is 0.337 e. The third-order valence-electron chi connectivity index (χ3n) is 4.32. The molecule has 1 aromatic carbocycles. The largest absolute Gasteiger partial charge is 0.465 e. The lowest BCUT2D eigenvalue weighted by molar-refractivity contribution is 0.0601. The Hall–Kier alpha value is -1.22. The highest BCUT2D eigenvalue weighted by atomic mass is 35.5. The van der Waals surface area contributed by atoms with Crippen molar-refractivity contribution >= 4 is 23.3 Å². The van der Waals surface area contributed by atoms with Crippen LogP contribution in [-0.2, 0) is 4.74 Å². The Morgan fingerprint density at radius 1 is 1.33 bits per heavy atom. The van der Waals surface area contributed by atoms with E-state index in [-0.39, 0.29) is 5.97 Å². The molecule has 1 aliphatic carbocycles. The number of carbonyl (C=O) groups is 1. The van der Waals surface area contributed by atoms with Crippen molar-refractivity contribution < 1.29 is 9.53 Å². The number of carbonyl (C=O) groups excluding carboxylic acids is 1. The monoisotopic (exact) mass is 309 g/mol.